The van der Waals surface area contributed by atoms with E-state index >= 15 is 0 Å². The quantitative estimate of drug-likeness (QED) is 0.348. The first-order valence-electron chi connectivity index (χ1n) is 6.49. The second-order valence-electron chi connectivity index (χ2n) is 5.09. The molecule has 0 aliphatic rings. The second-order valence-corrected chi connectivity index (χ2v) is 5.63. The van der Waals surface area contributed by atoms with Crippen molar-refractivity contribution in [2.45, 2.75) is 39.4 Å². The zero-order valence-electron chi connectivity index (χ0n) is 13.1. The van der Waals surface area contributed by atoms with E-state index < -0.39 is 11.7 Å². The third kappa shape index (κ3) is 6.03. The third-order valence-corrected chi connectivity index (χ3v) is 3.59. The topological polar surface area (TPSA) is 50.7 Å². The fourth-order valence-electron chi connectivity index (χ4n) is 1.20. The van der Waals surface area contributed by atoms with Gasteiger partial charge in [0.15, 0.2) is 0 Å². The average Bonchev–Trinajstić information content (AvgIpc) is 2.40. The second kappa shape index (κ2) is 8.39. The number of aliphatic hydroxyl groups is 1. The molecule has 2 atom stereocenters. The highest BCUT2D eigenvalue weighted by Crippen LogP contribution is 2.24. The van der Waals surface area contributed by atoms with E-state index in [-0.39, 0.29) is 5.76 Å². The van der Waals surface area contributed by atoms with Crippen molar-refractivity contribution in [3.05, 3.63) is 35.1 Å². The molecule has 5 heteroatoms. The van der Waals surface area contributed by atoms with Crippen molar-refractivity contribution in [3.8, 4) is 0 Å². The number of nitrogens with one attached hydrogen (secondary N) is 1. The van der Waals surface area contributed by atoms with E-state index in [4.69, 9.17) is 9.47 Å². The molecule has 0 bridgehead atoms. The highest BCUT2D eigenvalue weighted by molar-refractivity contribution is 7.84. The summed E-state index contributed by atoms with van der Waals surface area (Å²) in [4.78, 5) is 0.781. The van der Waals surface area contributed by atoms with Gasteiger partial charge >= 0.3 is 0 Å². The molecule has 0 aromatic carbocycles. The molecule has 0 heterocycles. The van der Waals surface area contributed by atoms with Crippen LogP contribution in [0.5, 0.6) is 0 Å². The first-order chi connectivity index (χ1) is 9.12. The van der Waals surface area contributed by atoms with E-state index in [2.05, 4.69) is 31.1 Å². The van der Waals surface area contributed by atoms with Crippen molar-refractivity contribution in [1.82, 2.24) is 5.32 Å². The van der Waals surface area contributed by atoms with Crippen LogP contribution in [0.15, 0.2) is 35.1 Å². The summed E-state index contributed by atoms with van der Waals surface area (Å²) in [7, 11) is 1.82. The minimum atomic E-state index is -1.28. The maximum atomic E-state index is 10.4. The van der Waals surface area contributed by atoms with Crippen LogP contribution in [0.25, 0.3) is 0 Å². The van der Waals surface area contributed by atoms with Gasteiger partial charge in [0.05, 0.1) is 12.7 Å². The van der Waals surface area contributed by atoms with Gasteiger partial charge in [0, 0.05) is 17.6 Å². The summed E-state index contributed by atoms with van der Waals surface area (Å²) in [5.41, 5.74) is 0.509. The van der Waals surface area contributed by atoms with E-state index in [1.807, 2.05) is 20.9 Å². The lowest BCUT2D eigenvalue weighted by Crippen LogP contribution is -2.42. The standard InChI is InChI=1S/C15H27NO3S/c1-10(2)8-18-12(4)15(6,17)13(5)19-9-14(20)11(3)16-7/h13,16-17,20H,1,4,8-9H2,2-3,5-7H3/b14-11-/t13?,15-/m1/s1. The molecule has 1 unspecified atom stereocenters. The number of rotatable bonds is 9. The molecule has 20 heavy (non-hydrogen) atoms. The molecule has 0 aromatic rings. The van der Waals surface area contributed by atoms with Gasteiger partial charge in [0.25, 0.3) is 0 Å². The van der Waals surface area contributed by atoms with Crippen molar-refractivity contribution in [2.75, 3.05) is 20.3 Å². The molecule has 2 N–H and O–H groups in total. The van der Waals surface area contributed by atoms with Gasteiger partial charge in [-0.15, -0.1) is 12.6 Å². The Labute approximate surface area is 128 Å². The first-order valence-corrected chi connectivity index (χ1v) is 6.94. The van der Waals surface area contributed by atoms with Crippen LogP contribution in [-0.2, 0) is 9.47 Å². The van der Waals surface area contributed by atoms with Gasteiger partial charge < -0.3 is 19.9 Å². The largest absolute Gasteiger partial charge is 0.491 e. The maximum absolute atomic E-state index is 10.4. The van der Waals surface area contributed by atoms with E-state index in [1.165, 1.54) is 0 Å². The Bertz CT molecular complexity index is 389. The predicted octanol–water partition coefficient (Wildman–Crippen LogP) is 2.63. The van der Waals surface area contributed by atoms with E-state index in [1.54, 1.807) is 13.8 Å². The maximum Gasteiger partial charge on any atom is 0.144 e. The van der Waals surface area contributed by atoms with Crippen LogP contribution in [0.4, 0.5) is 0 Å². The Hall–Kier alpha value is -0.910. The van der Waals surface area contributed by atoms with Gasteiger partial charge in [-0.2, -0.15) is 0 Å². The molecule has 0 aliphatic heterocycles. The molecule has 0 aromatic heterocycles. The molecular weight excluding hydrogens is 274 g/mol. The number of hydrogen-bond acceptors (Lipinski definition) is 5. The highest BCUT2D eigenvalue weighted by atomic mass is 32.1. The van der Waals surface area contributed by atoms with E-state index in [0.29, 0.717) is 13.2 Å². The number of allylic oxidation sites excluding steroid dienone is 1. The van der Waals surface area contributed by atoms with Crippen LogP contribution < -0.4 is 5.32 Å². The molecular formula is C15H27NO3S. The van der Waals surface area contributed by atoms with Gasteiger partial charge in [-0.25, -0.2) is 0 Å². The normalized spacial score (nSPS) is 16.8. The molecule has 0 amide bonds. The smallest absolute Gasteiger partial charge is 0.144 e. The predicted molar refractivity (Wildman–Crippen MR) is 86.7 cm³/mol. The minimum Gasteiger partial charge on any atom is -0.491 e. The molecule has 0 fully saturated rings. The van der Waals surface area contributed by atoms with Crippen LogP contribution in [0.1, 0.15) is 27.7 Å². The van der Waals surface area contributed by atoms with Gasteiger partial charge in [0.2, 0.25) is 0 Å². The summed E-state index contributed by atoms with van der Waals surface area (Å²) in [6.07, 6.45) is -0.480. The van der Waals surface area contributed by atoms with Crippen molar-refractivity contribution in [1.29, 1.82) is 0 Å². The van der Waals surface area contributed by atoms with E-state index in [9.17, 15) is 5.11 Å². The Morgan fingerprint density at radius 2 is 1.90 bits per heavy atom. The van der Waals surface area contributed by atoms with Crippen molar-refractivity contribution in [2.24, 2.45) is 0 Å². The lowest BCUT2D eigenvalue weighted by Gasteiger charge is -2.32. The SMILES string of the molecule is C=C(C)COC(=C)[C@@](C)(O)C(C)OC/C(S)=C(\C)NC. The Balaban J connectivity index is 4.54. The van der Waals surface area contributed by atoms with Gasteiger partial charge in [-0.1, -0.05) is 13.2 Å². The lowest BCUT2D eigenvalue weighted by molar-refractivity contribution is -0.0860. The molecule has 0 saturated carbocycles. The zero-order valence-corrected chi connectivity index (χ0v) is 14.0. The minimum absolute atomic E-state index is 0.267. The Kier molecular flexibility index (Phi) is 8.01. The summed E-state index contributed by atoms with van der Waals surface area (Å²) >= 11 is 4.34. The average molecular weight is 301 g/mol. The highest BCUT2D eigenvalue weighted by Gasteiger charge is 2.34. The fraction of sp³-hybridized carbons (Fsp3) is 0.600. The van der Waals surface area contributed by atoms with E-state index in [0.717, 1.165) is 16.2 Å². The number of thiol groups is 1. The summed E-state index contributed by atoms with van der Waals surface area (Å²) in [5, 5.41) is 13.4. The molecule has 0 radical (unpaired) electrons. The third-order valence-electron chi connectivity index (χ3n) is 3.13. The van der Waals surface area contributed by atoms with Crippen LogP contribution in [0.2, 0.25) is 0 Å². The zero-order chi connectivity index (χ0) is 15.9. The Morgan fingerprint density at radius 1 is 1.35 bits per heavy atom. The van der Waals surface area contributed by atoms with Crippen molar-refractivity contribution >= 4 is 12.6 Å². The van der Waals surface area contributed by atoms with Crippen LogP contribution in [-0.4, -0.2) is 37.1 Å². The number of hydrogen-bond donors (Lipinski definition) is 3. The van der Waals surface area contributed by atoms with Gasteiger partial charge in [0.1, 0.15) is 18.0 Å². The molecule has 0 rings (SSSR count). The van der Waals surface area contributed by atoms with Gasteiger partial charge in [-0.3, -0.25) is 0 Å². The van der Waals surface area contributed by atoms with Crippen molar-refractivity contribution < 1.29 is 14.6 Å². The summed E-state index contributed by atoms with van der Waals surface area (Å²) in [6.45, 7) is 15.3. The first kappa shape index (κ1) is 19.1. The Morgan fingerprint density at radius 3 is 2.35 bits per heavy atom. The fourth-order valence-corrected chi connectivity index (χ4v) is 1.39. The molecule has 0 saturated heterocycles. The summed E-state index contributed by atoms with van der Waals surface area (Å²) in [6, 6.07) is 0. The van der Waals surface area contributed by atoms with Crippen LogP contribution in [0, 0.1) is 0 Å². The van der Waals surface area contributed by atoms with Gasteiger partial charge in [-0.05, 0) is 33.3 Å². The van der Waals surface area contributed by atoms with Crippen molar-refractivity contribution in [3.63, 3.8) is 0 Å². The number of ether oxygens (including phenoxy) is 2. The lowest BCUT2D eigenvalue weighted by atomic mass is 9.98. The molecule has 116 valence electrons. The summed E-state index contributed by atoms with van der Waals surface area (Å²) in [5.74, 6) is 0.267. The van der Waals surface area contributed by atoms with Crippen LogP contribution in [0.3, 0.4) is 0 Å². The molecule has 4 nitrogen and oxygen atoms in total. The van der Waals surface area contributed by atoms with Crippen LogP contribution >= 0.6 is 12.6 Å². The molecule has 0 aliphatic carbocycles. The summed E-state index contributed by atoms with van der Waals surface area (Å²) < 4.78 is 11.0. The molecule has 0 spiro atoms. The monoisotopic (exact) mass is 301 g/mol.